The number of carbonyl (C=O) groups excluding carboxylic acids is 2. The first-order valence-corrected chi connectivity index (χ1v) is 16.0. The molecule has 0 radical (unpaired) electrons. The predicted molar refractivity (Wildman–Crippen MR) is 151 cm³/mol. The summed E-state index contributed by atoms with van der Waals surface area (Å²) in [5, 5.41) is 35.2. The molecule has 0 aromatic carbocycles. The van der Waals surface area contributed by atoms with Gasteiger partial charge in [-0.25, -0.2) is 19.4 Å². The number of carboxylic acid groups (broad SMARTS) is 3. The van der Waals surface area contributed by atoms with Crippen LogP contribution < -0.4 is 16.6 Å². The molecule has 16 nitrogen and oxygen atoms in total. The van der Waals surface area contributed by atoms with Crippen LogP contribution in [0.3, 0.4) is 0 Å². The van der Waals surface area contributed by atoms with Crippen LogP contribution in [0, 0.1) is 0 Å². The lowest BCUT2D eigenvalue weighted by Gasteiger charge is -2.49. The summed E-state index contributed by atoms with van der Waals surface area (Å²) in [6.07, 6.45) is 1.46. The number of thioether (sulfide) groups is 3. The van der Waals surface area contributed by atoms with E-state index in [1.165, 1.54) is 23.4 Å². The molecule has 1 fully saturated rings. The quantitative estimate of drug-likeness (QED) is 0.0583. The third-order valence-electron chi connectivity index (χ3n) is 5.43. The molecule has 0 bridgehead atoms. The summed E-state index contributed by atoms with van der Waals surface area (Å²) in [7, 11) is 0. The van der Waals surface area contributed by atoms with Crippen LogP contribution in [0.5, 0.6) is 0 Å². The average Bonchev–Trinajstić information content (AvgIpc) is 3.52. The van der Waals surface area contributed by atoms with Gasteiger partial charge in [0, 0.05) is 16.9 Å². The Morgan fingerprint density at radius 2 is 2.02 bits per heavy atom. The van der Waals surface area contributed by atoms with E-state index in [9.17, 15) is 44.1 Å². The van der Waals surface area contributed by atoms with Crippen LogP contribution in [-0.4, -0.2) is 99.6 Å². The van der Waals surface area contributed by atoms with Gasteiger partial charge in [0.2, 0.25) is 0 Å². The molecule has 0 unspecified atom stereocenters. The first-order valence-electron chi connectivity index (χ1n) is 10.9. The van der Waals surface area contributed by atoms with Crippen molar-refractivity contribution in [2.75, 3.05) is 23.5 Å². The van der Waals surface area contributed by atoms with Crippen molar-refractivity contribution >= 4 is 98.7 Å². The van der Waals surface area contributed by atoms with Crippen molar-refractivity contribution in [3.63, 3.8) is 0 Å². The van der Waals surface area contributed by atoms with Crippen LogP contribution in [0.2, 0.25) is 0 Å². The number of aromatic amines is 1. The van der Waals surface area contributed by atoms with E-state index in [0.717, 1.165) is 51.3 Å². The number of nitrogens with two attached hydrogens (primary N) is 1. The average molecular weight is 663 g/mol. The molecule has 218 valence electrons. The number of nitrogens with one attached hydrogen (secondary N) is 2. The minimum absolute atomic E-state index is 0.00416. The summed E-state index contributed by atoms with van der Waals surface area (Å²) in [5.74, 6) is -5.67. The number of amides is 2. The van der Waals surface area contributed by atoms with E-state index >= 15 is 0 Å². The Balaban J connectivity index is 1.52. The number of aliphatic carboxylic acids is 2. The summed E-state index contributed by atoms with van der Waals surface area (Å²) in [6.45, 7) is 0. The van der Waals surface area contributed by atoms with E-state index in [4.69, 9.17) is 10.6 Å². The maximum atomic E-state index is 13.1. The molecular formula is C20H18N6O10S5. The second-order valence-corrected chi connectivity index (χ2v) is 12.9. The predicted octanol–water partition coefficient (Wildman–Crippen LogP) is 0.199. The zero-order valence-electron chi connectivity index (χ0n) is 20.4. The van der Waals surface area contributed by atoms with Crippen molar-refractivity contribution in [1.29, 1.82) is 0 Å². The molecule has 2 aliphatic rings. The summed E-state index contributed by atoms with van der Waals surface area (Å²) >= 11 is 4.73. The van der Waals surface area contributed by atoms with Crippen LogP contribution in [0.25, 0.3) is 0 Å². The zero-order chi connectivity index (χ0) is 30.0. The van der Waals surface area contributed by atoms with Gasteiger partial charge in [-0.3, -0.25) is 23.7 Å². The molecule has 7 N–H and O–H groups in total. The normalized spacial score (nSPS) is 19.3. The van der Waals surface area contributed by atoms with Crippen molar-refractivity contribution in [2.24, 2.45) is 5.16 Å². The Morgan fingerprint density at radius 1 is 1.29 bits per heavy atom. The molecule has 2 aliphatic heterocycles. The third kappa shape index (κ3) is 6.22. The second kappa shape index (κ2) is 12.5. The highest BCUT2D eigenvalue weighted by atomic mass is 32.2. The highest BCUT2D eigenvalue weighted by molar-refractivity contribution is 8.02. The molecule has 4 heterocycles. The standard InChI is InChI=1S/C20H18N6O10S5/c1-37-18(17(34)35)36-24-8(6-4-40-20(21)22-6)12(28)23-9-13(29)26-10(16(32)33)5(2-38-14(9)26)3-39-19-7(15(30)31)11(27)25-41-19/h4,9,14,18H,2-3H2,1H3,(H2,21,22)(H,23,28)(H,25,27)(H,30,31)(H,32,33)(H,34,35)/t9-,14+,18-/m1/s1. The Kier molecular flexibility index (Phi) is 9.31. The van der Waals surface area contributed by atoms with Crippen LogP contribution in [0.15, 0.2) is 30.8 Å². The van der Waals surface area contributed by atoms with E-state index in [2.05, 4.69) is 19.8 Å². The number of anilines is 1. The van der Waals surface area contributed by atoms with Gasteiger partial charge in [0.25, 0.3) is 22.8 Å². The maximum absolute atomic E-state index is 13.1. The molecule has 2 amide bonds. The number of nitrogens with zero attached hydrogens (tertiary/aromatic N) is 3. The number of rotatable bonds is 12. The molecule has 1 saturated heterocycles. The van der Waals surface area contributed by atoms with E-state index in [1.54, 1.807) is 0 Å². The van der Waals surface area contributed by atoms with Crippen molar-refractivity contribution in [3.05, 3.63) is 38.3 Å². The lowest BCUT2D eigenvalue weighted by Crippen LogP contribution is -2.71. The van der Waals surface area contributed by atoms with Gasteiger partial charge in [-0.15, -0.1) is 46.6 Å². The van der Waals surface area contributed by atoms with Gasteiger partial charge in [-0.1, -0.05) is 16.7 Å². The van der Waals surface area contributed by atoms with Crippen LogP contribution in [-0.2, 0) is 24.0 Å². The number of fused-ring (bicyclic) bond motifs is 1. The van der Waals surface area contributed by atoms with Crippen molar-refractivity contribution in [2.45, 2.75) is 21.1 Å². The number of oxime groups is 1. The number of hydrogen-bond acceptors (Lipinski definition) is 15. The minimum Gasteiger partial charge on any atom is -0.478 e. The smallest absolute Gasteiger partial charge is 0.358 e. The second-order valence-electron chi connectivity index (χ2n) is 7.93. The number of H-pyrrole nitrogens is 1. The summed E-state index contributed by atoms with van der Waals surface area (Å²) in [4.78, 5) is 82.7. The van der Waals surface area contributed by atoms with E-state index < -0.39 is 63.4 Å². The number of nitrogen functional groups attached to an aromatic ring is 1. The van der Waals surface area contributed by atoms with Crippen LogP contribution in [0.1, 0.15) is 16.1 Å². The molecule has 2 aromatic rings. The molecule has 41 heavy (non-hydrogen) atoms. The number of thiazole rings is 1. The SMILES string of the molecule is CS[C@@H](ON=C(C(=O)N[C@@H]1C(=O)N2C(C(=O)O)=C(CSc3s[nH]c(=O)c3C(=O)O)CS[C@@H]12)c1csc(N)n1)C(=O)O. The van der Waals surface area contributed by atoms with E-state index in [0.29, 0.717) is 5.57 Å². The lowest BCUT2D eigenvalue weighted by molar-refractivity contribution is -0.150. The zero-order valence-corrected chi connectivity index (χ0v) is 24.5. The number of aromatic nitrogens is 2. The molecule has 21 heteroatoms. The summed E-state index contributed by atoms with van der Waals surface area (Å²) in [5.41, 5.74) is 2.57. The highest BCUT2D eigenvalue weighted by Crippen LogP contribution is 2.42. The molecule has 0 saturated carbocycles. The maximum Gasteiger partial charge on any atom is 0.358 e. The number of aromatic carboxylic acids is 1. The number of hydrogen-bond donors (Lipinski definition) is 6. The Morgan fingerprint density at radius 3 is 2.61 bits per heavy atom. The first kappa shape index (κ1) is 30.4. The molecule has 2 aromatic heterocycles. The van der Waals surface area contributed by atoms with Crippen molar-refractivity contribution in [1.82, 2.24) is 19.6 Å². The summed E-state index contributed by atoms with van der Waals surface area (Å²) in [6, 6.07) is -1.15. The van der Waals surface area contributed by atoms with Gasteiger partial charge in [-0.2, -0.15) is 0 Å². The van der Waals surface area contributed by atoms with Gasteiger partial charge in [0.05, 0.1) is 4.21 Å². The van der Waals surface area contributed by atoms with Crippen molar-refractivity contribution < 1.29 is 44.1 Å². The molecule has 0 spiro atoms. The van der Waals surface area contributed by atoms with Gasteiger partial charge in [0.1, 0.15) is 22.8 Å². The van der Waals surface area contributed by atoms with E-state index in [-0.39, 0.29) is 32.2 Å². The van der Waals surface area contributed by atoms with Crippen LogP contribution >= 0.6 is 58.2 Å². The number of carbonyl (C=O) groups is 5. The minimum atomic E-state index is -1.43. The van der Waals surface area contributed by atoms with Gasteiger partial charge < -0.3 is 31.2 Å². The summed E-state index contributed by atoms with van der Waals surface area (Å²) < 4.78 is 2.49. The Labute approximate surface area is 249 Å². The molecular weight excluding hydrogens is 645 g/mol. The fourth-order valence-electron chi connectivity index (χ4n) is 3.62. The lowest BCUT2D eigenvalue weighted by atomic mass is 10.0. The highest BCUT2D eigenvalue weighted by Gasteiger charge is 2.54. The van der Waals surface area contributed by atoms with Gasteiger partial charge >= 0.3 is 17.9 Å². The Bertz CT molecular complexity index is 1550. The molecule has 3 atom stereocenters. The third-order valence-corrected chi connectivity index (χ3v) is 10.4. The fourth-order valence-corrected chi connectivity index (χ4v) is 7.95. The number of carboxylic acids is 3. The number of β-lactam (4-membered cyclic amide) rings is 1. The van der Waals surface area contributed by atoms with Crippen molar-refractivity contribution in [3.8, 4) is 0 Å². The van der Waals surface area contributed by atoms with Gasteiger partial charge in [0.15, 0.2) is 16.4 Å². The monoisotopic (exact) mass is 662 g/mol. The topological polar surface area (TPSA) is 255 Å². The van der Waals surface area contributed by atoms with Gasteiger partial charge in [-0.05, 0) is 11.8 Å². The fraction of sp³-hybridized carbons (Fsp3) is 0.300. The Hall–Kier alpha value is -3.53. The molecule has 0 aliphatic carbocycles. The first-order chi connectivity index (χ1) is 19.4. The molecule has 4 rings (SSSR count). The largest absolute Gasteiger partial charge is 0.478 e. The van der Waals surface area contributed by atoms with E-state index in [1.807, 2.05) is 0 Å². The van der Waals surface area contributed by atoms with Crippen LogP contribution in [0.4, 0.5) is 5.13 Å².